The summed E-state index contributed by atoms with van der Waals surface area (Å²) in [6.07, 6.45) is 3.44. The van der Waals surface area contributed by atoms with E-state index in [-0.39, 0.29) is 16.1 Å². The molecule has 5 heterocycles. The van der Waals surface area contributed by atoms with Gasteiger partial charge in [0.1, 0.15) is 11.6 Å². The molecule has 0 bridgehead atoms. The van der Waals surface area contributed by atoms with Gasteiger partial charge in [-0.05, 0) is 43.4 Å². The average molecular weight is 543 g/mol. The first-order chi connectivity index (χ1) is 19.0. The van der Waals surface area contributed by atoms with Crippen LogP contribution in [-0.4, -0.2) is 67.7 Å². The quantitative estimate of drug-likeness (QED) is 0.359. The number of pyridine rings is 2. The second-order valence-corrected chi connectivity index (χ2v) is 10.3. The lowest BCUT2D eigenvalue weighted by Crippen LogP contribution is -2.44. The minimum atomic E-state index is -0.563. The van der Waals surface area contributed by atoms with E-state index in [1.54, 1.807) is 17.1 Å². The minimum Gasteiger partial charge on any atom is -0.354 e. The summed E-state index contributed by atoms with van der Waals surface area (Å²) in [7, 11) is 2.12. The Labute approximate surface area is 227 Å². The molecule has 0 unspecified atom stereocenters. The van der Waals surface area contributed by atoms with Gasteiger partial charge in [-0.1, -0.05) is 23.7 Å². The first kappa shape index (κ1) is 23.8. The van der Waals surface area contributed by atoms with E-state index in [1.807, 2.05) is 36.4 Å². The van der Waals surface area contributed by atoms with E-state index in [9.17, 15) is 9.18 Å². The van der Waals surface area contributed by atoms with Crippen LogP contribution < -0.4 is 10.5 Å². The molecule has 39 heavy (non-hydrogen) atoms. The van der Waals surface area contributed by atoms with Gasteiger partial charge in [0.2, 0.25) is 0 Å². The van der Waals surface area contributed by atoms with Crippen molar-refractivity contribution in [2.45, 2.75) is 6.54 Å². The van der Waals surface area contributed by atoms with E-state index < -0.39 is 5.82 Å². The number of anilines is 1. The summed E-state index contributed by atoms with van der Waals surface area (Å²) in [5.74, 6) is 0.363. The van der Waals surface area contributed by atoms with Gasteiger partial charge in [0.25, 0.3) is 5.56 Å². The second kappa shape index (κ2) is 9.18. The number of piperazine rings is 1. The highest BCUT2D eigenvalue weighted by molar-refractivity contribution is 6.31. The molecule has 1 N–H and O–H groups in total. The number of benzene rings is 2. The predicted octanol–water partition coefficient (Wildman–Crippen LogP) is 4.20. The molecular formula is C28H24ClFN8O. The molecule has 11 heteroatoms. The molecule has 2 aromatic carbocycles. The Hall–Kier alpha value is -4.28. The zero-order valence-electron chi connectivity index (χ0n) is 21.1. The molecule has 9 nitrogen and oxygen atoms in total. The van der Waals surface area contributed by atoms with Crippen molar-refractivity contribution < 1.29 is 4.39 Å². The molecule has 0 atom stereocenters. The minimum absolute atomic E-state index is 0.0633. The maximum Gasteiger partial charge on any atom is 0.284 e. The first-order valence-corrected chi connectivity index (χ1v) is 13.1. The van der Waals surface area contributed by atoms with Gasteiger partial charge < -0.3 is 9.80 Å². The number of H-pyrrole nitrogens is 1. The Morgan fingerprint density at radius 3 is 2.69 bits per heavy atom. The van der Waals surface area contributed by atoms with Crippen molar-refractivity contribution in [2.75, 3.05) is 38.1 Å². The van der Waals surface area contributed by atoms with Crippen molar-refractivity contribution >= 4 is 50.1 Å². The van der Waals surface area contributed by atoms with Crippen LogP contribution >= 0.6 is 11.6 Å². The summed E-state index contributed by atoms with van der Waals surface area (Å²) in [5, 5.41) is 13.5. The van der Waals surface area contributed by atoms with E-state index in [0.717, 1.165) is 48.6 Å². The first-order valence-electron chi connectivity index (χ1n) is 12.7. The third kappa shape index (κ3) is 4.03. The van der Waals surface area contributed by atoms with Crippen LogP contribution in [0, 0.1) is 5.82 Å². The van der Waals surface area contributed by atoms with Crippen LogP contribution in [-0.2, 0) is 6.54 Å². The fraction of sp³-hybridized carbons (Fsp3) is 0.214. The predicted molar refractivity (Wildman–Crippen MR) is 151 cm³/mol. The van der Waals surface area contributed by atoms with Gasteiger partial charge >= 0.3 is 0 Å². The Morgan fingerprint density at radius 2 is 1.85 bits per heavy atom. The standard InChI is InChI=1S/C28H24ClFN8O/c1-35-8-10-36(11-9-35)26-7-2-4-17(32-26)15-37-16-20-18-12-22(30)21(29)13-25(18)38(28(39)27(20)34-37)24-6-3-5-23-19(24)14-31-33-23/h2-7,12-14,16H,8-11,15H2,1H3,(H,31,33). The number of aromatic nitrogens is 6. The van der Waals surface area contributed by atoms with Crippen molar-refractivity contribution in [2.24, 2.45) is 0 Å². The lowest BCUT2D eigenvalue weighted by molar-refractivity contribution is 0.312. The lowest BCUT2D eigenvalue weighted by Gasteiger charge is -2.33. The van der Waals surface area contributed by atoms with Gasteiger partial charge in [-0.15, -0.1) is 0 Å². The monoisotopic (exact) mass is 542 g/mol. The SMILES string of the molecule is CN1CCN(c2cccc(Cn3cc4c(n3)c(=O)n(-c3cccc5[nH]ncc35)c3cc(Cl)c(F)cc43)n2)CC1. The second-order valence-electron chi connectivity index (χ2n) is 9.90. The summed E-state index contributed by atoms with van der Waals surface area (Å²) in [5.41, 5.74) is 2.60. The molecule has 1 saturated heterocycles. The zero-order valence-corrected chi connectivity index (χ0v) is 21.9. The van der Waals surface area contributed by atoms with Crippen molar-refractivity contribution in [3.63, 3.8) is 0 Å². The van der Waals surface area contributed by atoms with Gasteiger partial charge in [-0.25, -0.2) is 9.37 Å². The van der Waals surface area contributed by atoms with Crippen LogP contribution in [0.25, 0.3) is 38.4 Å². The highest BCUT2D eigenvalue weighted by Crippen LogP contribution is 2.31. The number of hydrogen-bond acceptors (Lipinski definition) is 6. The van der Waals surface area contributed by atoms with E-state index in [4.69, 9.17) is 16.6 Å². The number of rotatable bonds is 4. The van der Waals surface area contributed by atoms with Crippen molar-refractivity contribution in [1.82, 2.24) is 34.4 Å². The van der Waals surface area contributed by atoms with Gasteiger partial charge in [0, 0.05) is 48.5 Å². The number of halogens is 2. The van der Waals surface area contributed by atoms with Crippen LogP contribution in [0.3, 0.4) is 0 Å². The zero-order chi connectivity index (χ0) is 26.7. The fourth-order valence-electron chi connectivity index (χ4n) is 5.33. The summed E-state index contributed by atoms with van der Waals surface area (Å²) in [4.78, 5) is 23.4. The molecule has 0 radical (unpaired) electrons. The van der Waals surface area contributed by atoms with Crippen LogP contribution in [0.2, 0.25) is 5.02 Å². The molecule has 6 aromatic rings. The summed E-state index contributed by atoms with van der Waals surface area (Å²) >= 11 is 6.20. The third-order valence-electron chi connectivity index (χ3n) is 7.38. The fourth-order valence-corrected chi connectivity index (χ4v) is 5.49. The van der Waals surface area contributed by atoms with E-state index >= 15 is 0 Å². The summed E-state index contributed by atoms with van der Waals surface area (Å²) in [6, 6.07) is 14.3. The largest absolute Gasteiger partial charge is 0.354 e. The molecule has 0 spiro atoms. The van der Waals surface area contributed by atoms with E-state index in [0.29, 0.717) is 28.5 Å². The van der Waals surface area contributed by atoms with Crippen LogP contribution in [0.1, 0.15) is 5.69 Å². The third-order valence-corrected chi connectivity index (χ3v) is 7.67. The van der Waals surface area contributed by atoms with E-state index in [1.165, 1.54) is 16.7 Å². The maximum absolute atomic E-state index is 14.7. The average Bonchev–Trinajstić information content (AvgIpc) is 3.59. The van der Waals surface area contributed by atoms with Crippen LogP contribution in [0.4, 0.5) is 10.2 Å². The van der Waals surface area contributed by atoms with Gasteiger partial charge in [0.15, 0.2) is 5.52 Å². The number of likely N-dealkylation sites (N-methyl/N-ethyl adjacent to an activating group) is 1. The highest BCUT2D eigenvalue weighted by Gasteiger charge is 2.20. The molecule has 1 aliphatic heterocycles. The smallest absolute Gasteiger partial charge is 0.284 e. The number of aromatic amines is 1. The number of nitrogens with zero attached hydrogens (tertiary/aromatic N) is 7. The molecule has 196 valence electrons. The van der Waals surface area contributed by atoms with Crippen molar-refractivity contribution in [1.29, 1.82) is 0 Å². The molecule has 1 fully saturated rings. The molecule has 4 aromatic heterocycles. The molecule has 1 aliphatic rings. The van der Waals surface area contributed by atoms with Gasteiger partial charge in [-0.2, -0.15) is 10.2 Å². The topological polar surface area (TPSA) is 87.9 Å². The molecular weight excluding hydrogens is 519 g/mol. The maximum atomic E-state index is 14.7. The number of hydrogen-bond donors (Lipinski definition) is 1. The summed E-state index contributed by atoms with van der Waals surface area (Å²) in [6.45, 7) is 4.18. The molecule has 7 rings (SSSR count). The lowest BCUT2D eigenvalue weighted by atomic mass is 10.1. The van der Waals surface area contributed by atoms with Crippen LogP contribution in [0.15, 0.2) is 65.7 Å². The van der Waals surface area contributed by atoms with Gasteiger partial charge in [0.05, 0.1) is 40.2 Å². The van der Waals surface area contributed by atoms with Gasteiger partial charge in [-0.3, -0.25) is 19.1 Å². The Kier molecular flexibility index (Phi) is 5.60. The molecule has 0 saturated carbocycles. The Bertz CT molecular complexity index is 1940. The Morgan fingerprint density at radius 1 is 1.03 bits per heavy atom. The normalized spacial score (nSPS) is 14.7. The number of fused-ring (bicyclic) bond motifs is 4. The molecule has 0 aliphatic carbocycles. The highest BCUT2D eigenvalue weighted by atomic mass is 35.5. The number of nitrogens with one attached hydrogen (secondary N) is 1. The van der Waals surface area contributed by atoms with E-state index in [2.05, 4.69) is 32.1 Å². The van der Waals surface area contributed by atoms with Crippen molar-refractivity contribution in [3.8, 4) is 5.69 Å². The molecule has 0 amide bonds. The Balaban J connectivity index is 1.37. The summed E-state index contributed by atoms with van der Waals surface area (Å²) < 4.78 is 18.0. The van der Waals surface area contributed by atoms with Crippen LogP contribution in [0.5, 0.6) is 0 Å². The van der Waals surface area contributed by atoms with Crippen molar-refractivity contribution in [3.05, 3.63) is 87.8 Å².